The van der Waals surface area contributed by atoms with Crippen LogP contribution in [-0.4, -0.2) is 31.0 Å². The molecule has 3 heteroatoms. The number of nitrogens with zero attached hydrogens (tertiary/aromatic N) is 1. The fourth-order valence-electron chi connectivity index (χ4n) is 1.67. The maximum Gasteiger partial charge on any atom is 0.248 e. The van der Waals surface area contributed by atoms with Gasteiger partial charge in [-0.2, -0.15) is 0 Å². The number of nitrogens with one attached hydrogen (secondary N) is 1. The van der Waals surface area contributed by atoms with Crippen molar-refractivity contribution in [1.82, 2.24) is 5.32 Å². The molecule has 1 amide bonds. The molecule has 0 bridgehead atoms. The molecular formula is C14H21N2O+. The third-order valence-electron chi connectivity index (χ3n) is 3.09. The molecule has 0 heterocycles. The van der Waals surface area contributed by atoms with Gasteiger partial charge in [-0.05, 0) is 13.0 Å². The molecular weight excluding hydrogens is 212 g/mol. The summed E-state index contributed by atoms with van der Waals surface area (Å²) in [5.74, 6) is -0.140. The van der Waals surface area contributed by atoms with Crippen LogP contribution in [0.1, 0.15) is 18.7 Å². The van der Waals surface area contributed by atoms with Gasteiger partial charge in [0.1, 0.15) is 0 Å². The molecule has 1 rings (SSSR count). The van der Waals surface area contributed by atoms with Crippen LogP contribution in [0.25, 0.3) is 0 Å². The van der Waals surface area contributed by atoms with E-state index in [1.165, 1.54) is 6.08 Å². The third kappa shape index (κ3) is 3.43. The van der Waals surface area contributed by atoms with E-state index in [1.807, 2.05) is 30.3 Å². The predicted octanol–water partition coefficient (Wildman–Crippen LogP) is 2.08. The molecule has 1 unspecified atom stereocenters. The van der Waals surface area contributed by atoms with Gasteiger partial charge in [0.05, 0.1) is 20.6 Å². The Morgan fingerprint density at radius 1 is 1.41 bits per heavy atom. The molecule has 0 aliphatic heterocycles. The summed E-state index contributed by atoms with van der Waals surface area (Å²) in [6.45, 7) is 6.53. The average molecular weight is 233 g/mol. The van der Waals surface area contributed by atoms with Gasteiger partial charge in [-0.15, -0.1) is 0 Å². The Morgan fingerprint density at radius 2 is 2.00 bits per heavy atom. The van der Waals surface area contributed by atoms with Crippen molar-refractivity contribution in [2.75, 3.05) is 20.6 Å². The lowest BCUT2D eigenvalue weighted by atomic mass is 10.1. The normalized spacial score (nSPS) is 12.9. The van der Waals surface area contributed by atoms with E-state index in [9.17, 15) is 4.79 Å². The van der Waals surface area contributed by atoms with Gasteiger partial charge in [0.25, 0.3) is 0 Å². The number of amides is 1. The fraction of sp³-hybridized carbons (Fsp3) is 0.357. The lowest BCUT2D eigenvalue weighted by Gasteiger charge is -2.37. The van der Waals surface area contributed by atoms with Crippen LogP contribution < -0.4 is 5.32 Å². The van der Waals surface area contributed by atoms with Crippen LogP contribution in [0.4, 0.5) is 0 Å². The first-order valence-corrected chi connectivity index (χ1v) is 5.82. The smallest absolute Gasteiger partial charge is 0.248 e. The summed E-state index contributed by atoms with van der Waals surface area (Å²) in [5.41, 5.74) is 1.11. The van der Waals surface area contributed by atoms with Gasteiger partial charge < -0.3 is 4.48 Å². The van der Waals surface area contributed by atoms with E-state index in [0.717, 1.165) is 12.1 Å². The van der Waals surface area contributed by atoms with Crippen molar-refractivity contribution in [3.05, 3.63) is 48.6 Å². The zero-order valence-corrected chi connectivity index (χ0v) is 10.8. The Hall–Kier alpha value is -1.61. The standard InChI is InChI=1S/C14H20N2O/c1-5-13(17)15-14(16(3,4)6-2)12-10-8-7-9-11-12/h5,7-11,14H,1,6H2,2-4H3/p+1. The predicted molar refractivity (Wildman–Crippen MR) is 70.2 cm³/mol. The minimum atomic E-state index is -0.140. The maximum atomic E-state index is 11.5. The SMILES string of the molecule is C=CC(=O)NC(c1ccccc1)[N+](C)(C)CC. The second kappa shape index (κ2) is 5.64. The van der Waals surface area contributed by atoms with Gasteiger partial charge in [0, 0.05) is 5.56 Å². The first-order valence-electron chi connectivity index (χ1n) is 5.82. The average Bonchev–Trinajstić information content (AvgIpc) is 2.36. The van der Waals surface area contributed by atoms with Gasteiger partial charge in [0.2, 0.25) is 5.91 Å². The minimum absolute atomic E-state index is 0.0494. The molecule has 0 fully saturated rings. The second-order valence-corrected chi connectivity index (χ2v) is 4.62. The molecule has 0 saturated carbocycles. The number of rotatable bonds is 5. The van der Waals surface area contributed by atoms with E-state index in [2.05, 4.69) is 32.9 Å². The number of carbonyl (C=O) groups is 1. The molecule has 0 aliphatic carbocycles. The molecule has 0 spiro atoms. The summed E-state index contributed by atoms with van der Waals surface area (Å²) in [6.07, 6.45) is 1.26. The first kappa shape index (κ1) is 13.5. The second-order valence-electron chi connectivity index (χ2n) is 4.62. The highest BCUT2D eigenvalue weighted by Gasteiger charge is 2.28. The molecule has 0 saturated heterocycles. The topological polar surface area (TPSA) is 29.1 Å². The summed E-state index contributed by atoms with van der Waals surface area (Å²) in [5, 5.41) is 2.99. The van der Waals surface area contributed by atoms with Crippen molar-refractivity contribution in [3.8, 4) is 0 Å². The van der Waals surface area contributed by atoms with E-state index >= 15 is 0 Å². The minimum Gasteiger partial charge on any atom is -0.305 e. The Morgan fingerprint density at radius 3 is 2.47 bits per heavy atom. The molecule has 17 heavy (non-hydrogen) atoms. The van der Waals surface area contributed by atoms with E-state index in [-0.39, 0.29) is 12.1 Å². The van der Waals surface area contributed by atoms with Gasteiger partial charge in [-0.1, -0.05) is 36.9 Å². The molecule has 0 aromatic heterocycles. The Kier molecular flexibility index (Phi) is 4.46. The van der Waals surface area contributed by atoms with Crippen molar-refractivity contribution < 1.29 is 9.28 Å². The molecule has 92 valence electrons. The molecule has 1 N–H and O–H groups in total. The number of hydrogen-bond acceptors (Lipinski definition) is 1. The van der Waals surface area contributed by atoms with Crippen LogP contribution in [-0.2, 0) is 4.79 Å². The largest absolute Gasteiger partial charge is 0.305 e. The lowest BCUT2D eigenvalue weighted by molar-refractivity contribution is -0.921. The molecule has 3 nitrogen and oxygen atoms in total. The number of carbonyl (C=O) groups excluding carboxylic acids is 1. The van der Waals surface area contributed by atoms with Crippen LogP contribution in [0.3, 0.4) is 0 Å². The molecule has 1 atom stereocenters. The molecule has 1 aromatic carbocycles. The van der Waals surface area contributed by atoms with Gasteiger partial charge >= 0.3 is 0 Å². The summed E-state index contributed by atoms with van der Waals surface area (Å²) in [6, 6.07) is 10.0. The zero-order valence-electron chi connectivity index (χ0n) is 10.8. The summed E-state index contributed by atoms with van der Waals surface area (Å²) >= 11 is 0. The highest BCUT2D eigenvalue weighted by molar-refractivity contribution is 5.87. The maximum absolute atomic E-state index is 11.5. The highest BCUT2D eigenvalue weighted by atomic mass is 16.1. The highest BCUT2D eigenvalue weighted by Crippen LogP contribution is 2.21. The van der Waals surface area contributed by atoms with Crippen molar-refractivity contribution in [2.45, 2.75) is 13.1 Å². The van der Waals surface area contributed by atoms with Crippen LogP contribution in [0.5, 0.6) is 0 Å². The lowest BCUT2D eigenvalue weighted by Crippen LogP contribution is -2.50. The zero-order chi connectivity index (χ0) is 12.9. The molecule has 0 aliphatic rings. The summed E-state index contributed by atoms with van der Waals surface area (Å²) < 4.78 is 0.698. The van der Waals surface area contributed by atoms with Crippen molar-refractivity contribution in [3.63, 3.8) is 0 Å². The van der Waals surface area contributed by atoms with Gasteiger partial charge in [0.15, 0.2) is 6.17 Å². The summed E-state index contributed by atoms with van der Waals surface area (Å²) in [7, 11) is 4.20. The van der Waals surface area contributed by atoms with E-state index in [0.29, 0.717) is 4.48 Å². The first-order chi connectivity index (χ1) is 8.01. The monoisotopic (exact) mass is 233 g/mol. The molecule has 0 radical (unpaired) electrons. The molecule has 1 aromatic rings. The third-order valence-corrected chi connectivity index (χ3v) is 3.09. The Bertz CT molecular complexity index is 384. The van der Waals surface area contributed by atoms with E-state index < -0.39 is 0 Å². The van der Waals surface area contributed by atoms with Crippen molar-refractivity contribution in [1.29, 1.82) is 0 Å². The van der Waals surface area contributed by atoms with Crippen LogP contribution >= 0.6 is 0 Å². The van der Waals surface area contributed by atoms with Crippen LogP contribution in [0.2, 0.25) is 0 Å². The quantitative estimate of drug-likeness (QED) is 0.471. The van der Waals surface area contributed by atoms with Gasteiger partial charge in [-0.3, -0.25) is 10.1 Å². The van der Waals surface area contributed by atoms with E-state index in [4.69, 9.17) is 0 Å². The van der Waals surface area contributed by atoms with Gasteiger partial charge in [-0.25, -0.2) is 0 Å². The van der Waals surface area contributed by atoms with E-state index in [1.54, 1.807) is 0 Å². The van der Waals surface area contributed by atoms with Crippen molar-refractivity contribution >= 4 is 5.91 Å². The van der Waals surface area contributed by atoms with Crippen LogP contribution in [0, 0.1) is 0 Å². The Labute approximate surface area is 103 Å². The number of hydrogen-bond donors (Lipinski definition) is 1. The number of quaternary nitrogens is 1. The van der Waals surface area contributed by atoms with Crippen molar-refractivity contribution in [2.24, 2.45) is 0 Å². The summed E-state index contributed by atoms with van der Waals surface area (Å²) in [4.78, 5) is 11.5. The fourth-order valence-corrected chi connectivity index (χ4v) is 1.67. The Balaban J connectivity index is 3.03. The number of benzene rings is 1. The van der Waals surface area contributed by atoms with Crippen LogP contribution in [0.15, 0.2) is 43.0 Å².